The highest BCUT2D eigenvalue weighted by Gasteiger charge is 2.37. The number of likely N-dealkylation sites (tertiary alicyclic amines) is 1. The summed E-state index contributed by atoms with van der Waals surface area (Å²) in [6, 6.07) is 8.49. The number of alkyl halides is 6. The fourth-order valence-corrected chi connectivity index (χ4v) is 4.69. The molecule has 0 N–H and O–H groups in total. The summed E-state index contributed by atoms with van der Waals surface area (Å²) in [4.78, 5) is 14.6. The second-order valence-electron chi connectivity index (χ2n) is 8.41. The van der Waals surface area contributed by atoms with E-state index in [0.717, 1.165) is 16.7 Å². The Kier molecular flexibility index (Phi) is 7.25. The molecule has 192 valence electrons. The van der Waals surface area contributed by atoms with Crippen molar-refractivity contribution in [2.75, 3.05) is 13.1 Å². The molecular formula is C23H18Cl2F6N4O. The predicted octanol–water partition coefficient (Wildman–Crippen LogP) is 6.69. The zero-order chi connectivity index (χ0) is 26.3. The van der Waals surface area contributed by atoms with Crippen molar-refractivity contribution >= 4 is 29.1 Å². The second-order valence-corrected chi connectivity index (χ2v) is 9.18. The topological polar surface area (TPSA) is 51.0 Å². The summed E-state index contributed by atoms with van der Waals surface area (Å²) in [5.74, 6) is -0.556. The third-order valence-corrected chi connectivity index (χ3v) is 6.63. The lowest BCUT2D eigenvalue weighted by molar-refractivity contribution is -0.143. The van der Waals surface area contributed by atoms with Crippen molar-refractivity contribution in [1.82, 2.24) is 19.9 Å². The quantitative estimate of drug-likeness (QED) is 0.340. The molecule has 1 aliphatic rings. The minimum Gasteiger partial charge on any atom is -0.337 e. The molecule has 3 aromatic rings. The van der Waals surface area contributed by atoms with E-state index in [4.69, 9.17) is 23.2 Å². The summed E-state index contributed by atoms with van der Waals surface area (Å²) in [6.45, 7) is 0.217. The number of hydrogen-bond donors (Lipinski definition) is 0. The maximum Gasteiger partial charge on any atom is 0.416 e. The lowest BCUT2D eigenvalue weighted by Gasteiger charge is -2.33. The number of hydrogen-bond acceptors (Lipinski definition) is 3. The van der Waals surface area contributed by atoms with Gasteiger partial charge < -0.3 is 4.90 Å². The SMILES string of the molecule is O=C(c1nnn(Cc2cc(C(F)(F)F)cc(C(F)(F)F)c2)c1Cl)N1CCCC(c2ccccc2Cl)C1. The van der Waals surface area contributed by atoms with Gasteiger partial charge in [0.05, 0.1) is 17.7 Å². The molecule has 4 rings (SSSR count). The van der Waals surface area contributed by atoms with E-state index in [9.17, 15) is 31.1 Å². The summed E-state index contributed by atoms with van der Waals surface area (Å²) in [5.41, 5.74) is -2.60. The van der Waals surface area contributed by atoms with Crippen LogP contribution in [-0.2, 0) is 18.9 Å². The van der Waals surface area contributed by atoms with E-state index >= 15 is 0 Å². The number of halogens is 8. The molecule has 36 heavy (non-hydrogen) atoms. The Bertz CT molecular complexity index is 1240. The summed E-state index contributed by atoms with van der Waals surface area (Å²) in [7, 11) is 0. The van der Waals surface area contributed by atoms with Gasteiger partial charge in [0.2, 0.25) is 0 Å². The zero-order valence-electron chi connectivity index (χ0n) is 18.4. The molecule has 1 aliphatic heterocycles. The lowest BCUT2D eigenvalue weighted by atomic mass is 9.90. The van der Waals surface area contributed by atoms with Gasteiger partial charge in [-0.3, -0.25) is 4.79 Å². The van der Waals surface area contributed by atoms with Gasteiger partial charge >= 0.3 is 12.4 Å². The van der Waals surface area contributed by atoms with Crippen LogP contribution < -0.4 is 0 Å². The first-order valence-electron chi connectivity index (χ1n) is 10.8. The van der Waals surface area contributed by atoms with Crippen LogP contribution in [0.2, 0.25) is 10.2 Å². The van der Waals surface area contributed by atoms with E-state index in [1.54, 1.807) is 12.1 Å². The number of aromatic nitrogens is 3. The molecule has 2 heterocycles. The number of amides is 1. The molecule has 1 amide bonds. The van der Waals surface area contributed by atoms with Gasteiger partial charge in [-0.2, -0.15) is 26.3 Å². The summed E-state index contributed by atoms with van der Waals surface area (Å²) in [5, 5.41) is 7.77. The number of carbonyl (C=O) groups is 1. The molecule has 0 spiro atoms. The lowest BCUT2D eigenvalue weighted by Crippen LogP contribution is -2.39. The van der Waals surface area contributed by atoms with Crippen LogP contribution in [0.5, 0.6) is 0 Å². The minimum absolute atomic E-state index is 0.0175. The van der Waals surface area contributed by atoms with Crippen molar-refractivity contribution in [1.29, 1.82) is 0 Å². The maximum atomic E-state index is 13.2. The second kappa shape index (κ2) is 9.93. The van der Waals surface area contributed by atoms with Crippen LogP contribution in [0.3, 0.4) is 0 Å². The Morgan fingerprint density at radius 3 is 2.25 bits per heavy atom. The minimum atomic E-state index is -4.99. The average molecular weight is 551 g/mol. The van der Waals surface area contributed by atoms with Gasteiger partial charge in [0, 0.05) is 24.0 Å². The van der Waals surface area contributed by atoms with Crippen LogP contribution >= 0.6 is 23.2 Å². The Labute approximate surface area is 211 Å². The van der Waals surface area contributed by atoms with Gasteiger partial charge in [0.15, 0.2) is 10.8 Å². The first-order chi connectivity index (χ1) is 16.8. The van der Waals surface area contributed by atoms with Gasteiger partial charge in [-0.15, -0.1) is 5.10 Å². The zero-order valence-corrected chi connectivity index (χ0v) is 19.9. The van der Waals surface area contributed by atoms with E-state index in [1.807, 2.05) is 12.1 Å². The fraction of sp³-hybridized carbons (Fsp3) is 0.348. The molecule has 0 aliphatic carbocycles. The van der Waals surface area contributed by atoms with Gasteiger partial charge in [-0.1, -0.05) is 46.6 Å². The van der Waals surface area contributed by atoms with Crippen LogP contribution in [0.1, 0.15) is 51.5 Å². The molecule has 1 atom stereocenters. The van der Waals surface area contributed by atoms with Crippen molar-refractivity contribution in [2.24, 2.45) is 0 Å². The third kappa shape index (κ3) is 5.62. The van der Waals surface area contributed by atoms with Gasteiger partial charge in [0.25, 0.3) is 5.91 Å². The van der Waals surface area contributed by atoms with Crippen molar-refractivity contribution in [3.8, 4) is 0 Å². The summed E-state index contributed by atoms with van der Waals surface area (Å²) in [6.07, 6.45) is -8.48. The van der Waals surface area contributed by atoms with E-state index in [-0.39, 0.29) is 28.4 Å². The van der Waals surface area contributed by atoms with Crippen molar-refractivity contribution in [3.63, 3.8) is 0 Å². The van der Waals surface area contributed by atoms with Crippen molar-refractivity contribution in [2.45, 2.75) is 37.7 Å². The standard InChI is InChI=1S/C23H18Cl2F6N4O/c24-18-6-2-1-5-17(18)14-4-3-7-34(12-14)21(36)19-20(25)35(33-32-19)11-13-8-15(22(26,27)28)10-16(9-13)23(29,30)31/h1-2,5-6,8-10,14H,3-4,7,11-12H2. The van der Waals surface area contributed by atoms with Crippen LogP contribution in [0.25, 0.3) is 0 Å². The van der Waals surface area contributed by atoms with Gasteiger partial charge in [-0.05, 0) is 48.2 Å². The van der Waals surface area contributed by atoms with E-state index < -0.39 is 35.9 Å². The number of rotatable bonds is 4. The smallest absolute Gasteiger partial charge is 0.337 e. The summed E-state index contributed by atoms with van der Waals surface area (Å²) < 4.78 is 79.9. The maximum absolute atomic E-state index is 13.2. The monoisotopic (exact) mass is 550 g/mol. The molecule has 2 aromatic carbocycles. The predicted molar refractivity (Wildman–Crippen MR) is 120 cm³/mol. The van der Waals surface area contributed by atoms with Gasteiger partial charge in [0.1, 0.15) is 0 Å². The molecule has 0 saturated carbocycles. The highest BCUT2D eigenvalue weighted by molar-refractivity contribution is 6.32. The van der Waals surface area contributed by atoms with Gasteiger partial charge in [-0.25, -0.2) is 4.68 Å². The highest BCUT2D eigenvalue weighted by Crippen LogP contribution is 2.37. The fourth-order valence-electron chi connectivity index (χ4n) is 4.19. The summed E-state index contributed by atoms with van der Waals surface area (Å²) >= 11 is 12.5. The number of nitrogens with zero attached hydrogens (tertiary/aromatic N) is 4. The molecule has 0 radical (unpaired) electrons. The molecular weight excluding hydrogens is 533 g/mol. The molecule has 13 heteroatoms. The van der Waals surface area contributed by atoms with E-state index in [0.29, 0.717) is 36.7 Å². The van der Waals surface area contributed by atoms with E-state index in [1.165, 1.54) is 4.90 Å². The largest absolute Gasteiger partial charge is 0.416 e. The Hall–Kier alpha value is -2.79. The van der Waals surface area contributed by atoms with Crippen LogP contribution in [0.4, 0.5) is 26.3 Å². The molecule has 1 aromatic heterocycles. The Morgan fingerprint density at radius 2 is 1.64 bits per heavy atom. The third-order valence-electron chi connectivity index (χ3n) is 5.91. The number of benzene rings is 2. The van der Waals surface area contributed by atoms with Crippen LogP contribution in [0, 0.1) is 0 Å². The van der Waals surface area contributed by atoms with Crippen LogP contribution in [0.15, 0.2) is 42.5 Å². The first-order valence-corrected chi connectivity index (χ1v) is 11.5. The van der Waals surface area contributed by atoms with E-state index in [2.05, 4.69) is 10.3 Å². The molecule has 5 nitrogen and oxygen atoms in total. The van der Waals surface area contributed by atoms with Crippen molar-refractivity contribution in [3.05, 3.63) is 80.6 Å². The molecule has 0 bridgehead atoms. The van der Waals surface area contributed by atoms with Crippen LogP contribution in [-0.4, -0.2) is 38.9 Å². The van der Waals surface area contributed by atoms with Crippen molar-refractivity contribution < 1.29 is 31.1 Å². The molecule has 1 saturated heterocycles. The molecule has 1 unspecified atom stereocenters. The molecule has 1 fully saturated rings. The normalized spacial score (nSPS) is 16.9. The highest BCUT2D eigenvalue weighted by atomic mass is 35.5. The number of piperidine rings is 1. The average Bonchev–Trinajstić information content (AvgIpc) is 3.17. The Balaban J connectivity index is 1.57. The number of carbonyl (C=O) groups excluding carboxylic acids is 1. The Morgan fingerprint density at radius 1 is 1.00 bits per heavy atom. The first kappa shape index (κ1) is 26.3.